The first-order valence-electron chi connectivity index (χ1n) is 5.83. The highest BCUT2D eigenvalue weighted by molar-refractivity contribution is 7.90. The fraction of sp³-hybridized carbons (Fsp3) is 0.143. The number of para-hydroxylation sites is 1. The summed E-state index contributed by atoms with van der Waals surface area (Å²) in [5.74, 6) is 0.812. The van der Waals surface area contributed by atoms with E-state index >= 15 is 0 Å². The number of hydrogen-bond acceptors (Lipinski definition) is 4. The molecule has 0 bridgehead atoms. The summed E-state index contributed by atoms with van der Waals surface area (Å²) in [5, 5.41) is 0.665. The number of benzene rings is 2. The van der Waals surface area contributed by atoms with E-state index < -0.39 is 9.84 Å². The third kappa shape index (κ3) is 3.61. The van der Waals surface area contributed by atoms with Gasteiger partial charge in [-0.2, -0.15) is 0 Å². The minimum atomic E-state index is -3.45. The van der Waals surface area contributed by atoms with Crippen molar-refractivity contribution in [2.45, 2.75) is 4.90 Å². The van der Waals surface area contributed by atoms with Crippen LogP contribution >= 0.6 is 23.2 Å². The first kappa shape index (κ1) is 15.9. The zero-order chi connectivity index (χ0) is 15.6. The highest BCUT2D eigenvalue weighted by atomic mass is 35.5. The Morgan fingerprint density at radius 2 is 1.67 bits per heavy atom. The average molecular weight is 347 g/mol. The van der Waals surface area contributed by atoms with Gasteiger partial charge in [0.2, 0.25) is 0 Å². The third-order valence-electron chi connectivity index (χ3n) is 2.67. The van der Waals surface area contributed by atoms with Crippen molar-refractivity contribution in [1.82, 2.24) is 0 Å². The maximum Gasteiger partial charge on any atom is 0.179 e. The van der Waals surface area contributed by atoms with E-state index in [1.54, 1.807) is 24.3 Å². The first-order chi connectivity index (χ1) is 9.82. The van der Waals surface area contributed by atoms with Crippen LogP contribution in [0.25, 0.3) is 0 Å². The lowest BCUT2D eigenvalue weighted by Gasteiger charge is -2.12. The van der Waals surface area contributed by atoms with Gasteiger partial charge in [-0.25, -0.2) is 8.42 Å². The molecule has 2 aromatic rings. The van der Waals surface area contributed by atoms with Crippen LogP contribution < -0.4 is 9.47 Å². The van der Waals surface area contributed by atoms with Gasteiger partial charge in [0, 0.05) is 12.3 Å². The van der Waals surface area contributed by atoms with Crippen molar-refractivity contribution in [3.05, 3.63) is 46.4 Å². The molecule has 0 spiro atoms. The van der Waals surface area contributed by atoms with E-state index in [0.29, 0.717) is 15.8 Å². The summed E-state index contributed by atoms with van der Waals surface area (Å²) in [6, 6.07) is 9.40. The fourth-order valence-corrected chi connectivity index (χ4v) is 3.03. The molecular weight excluding hydrogens is 335 g/mol. The smallest absolute Gasteiger partial charge is 0.179 e. The average Bonchev–Trinajstić information content (AvgIpc) is 2.42. The first-order valence-corrected chi connectivity index (χ1v) is 8.47. The summed E-state index contributed by atoms with van der Waals surface area (Å²) in [6.07, 6.45) is 1.09. The molecular formula is C14H12Cl2O4S. The molecule has 0 saturated carbocycles. The van der Waals surface area contributed by atoms with Crippen molar-refractivity contribution in [2.75, 3.05) is 13.4 Å². The minimum absolute atomic E-state index is 0.0330. The minimum Gasteiger partial charge on any atom is -0.495 e. The van der Waals surface area contributed by atoms with Gasteiger partial charge in [-0.1, -0.05) is 29.3 Å². The van der Waals surface area contributed by atoms with E-state index in [4.69, 9.17) is 32.7 Å². The molecule has 7 heteroatoms. The van der Waals surface area contributed by atoms with Crippen molar-refractivity contribution in [2.24, 2.45) is 0 Å². The quantitative estimate of drug-likeness (QED) is 0.832. The van der Waals surface area contributed by atoms with Crippen LogP contribution in [0.5, 0.6) is 17.2 Å². The van der Waals surface area contributed by atoms with Crippen LogP contribution in [0.15, 0.2) is 41.3 Å². The Morgan fingerprint density at radius 3 is 2.19 bits per heavy atom. The van der Waals surface area contributed by atoms with Crippen LogP contribution in [0.2, 0.25) is 10.0 Å². The molecule has 0 aliphatic rings. The molecule has 2 rings (SSSR count). The Bertz CT molecular complexity index is 752. The van der Waals surface area contributed by atoms with Crippen LogP contribution in [0.3, 0.4) is 0 Å². The van der Waals surface area contributed by atoms with Gasteiger partial charge < -0.3 is 9.47 Å². The second kappa shape index (κ2) is 6.13. The van der Waals surface area contributed by atoms with Gasteiger partial charge in [-0.05, 0) is 24.3 Å². The second-order valence-electron chi connectivity index (χ2n) is 4.24. The molecule has 0 aliphatic heterocycles. The number of hydrogen-bond donors (Lipinski definition) is 0. The Balaban J connectivity index is 2.47. The molecule has 0 unspecified atom stereocenters. The van der Waals surface area contributed by atoms with Gasteiger partial charge in [0.15, 0.2) is 15.6 Å². The number of halogens is 2. The van der Waals surface area contributed by atoms with E-state index in [-0.39, 0.29) is 16.4 Å². The summed E-state index contributed by atoms with van der Waals surface area (Å²) >= 11 is 12.0. The van der Waals surface area contributed by atoms with Gasteiger partial charge in [0.05, 0.1) is 17.2 Å². The molecule has 0 fully saturated rings. The molecule has 0 heterocycles. The Labute approximate surface area is 133 Å². The number of methoxy groups -OCH3 is 1. The Kier molecular flexibility index (Phi) is 4.66. The van der Waals surface area contributed by atoms with Crippen molar-refractivity contribution < 1.29 is 17.9 Å². The predicted molar refractivity (Wildman–Crippen MR) is 82.6 cm³/mol. The lowest BCUT2D eigenvalue weighted by molar-refractivity contribution is 0.400. The third-order valence-corrected chi connectivity index (χ3v) is 4.39. The molecule has 0 N–H and O–H groups in total. The van der Waals surface area contributed by atoms with Gasteiger partial charge in [0.25, 0.3) is 0 Å². The molecule has 0 atom stereocenters. The fourth-order valence-electron chi connectivity index (χ4n) is 1.71. The second-order valence-corrected chi connectivity index (χ2v) is 7.04. The van der Waals surface area contributed by atoms with E-state index in [1.807, 2.05) is 0 Å². The van der Waals surface area contributed by atoms with Gasteiger partial charge in [0.1, 0.15) is 16.4 Å². The van der Waals surface area contributed by atoms with Crippen LogP contribution in [0.4, 0.5) is 0 Å². The predicted octanol–water partition coefficient (Wildman–Crippen LogP) is 4.20. The van der Waals surface area contributed by atoms with Crippen LogP contribution in [-0.4, -0.2) is 21.8 Å². The Morgan fingerprint density at radius 1 is 1.05 bits per heavy atom. The standard InChI is InChI=1S/C14H12Cl2O4S/c1-19-12-7-6-9(8-13(12)21(2,17)18)20-14-10(15)4-3-5-11(14)16/h3-8H,1-2H3. The summed E-state index contributed by atoms with van der Waals surface area (Å²) in [4.78, 5) is 0.0330. The zero-order valence-electron chi connectivity index (χ0n) is 11.3. The lowest BCUT2D eigenvalue weighted by atomic mass is 10.3. The van der Waals surface area contributed by atoms with Gasteiger partial charge in [-0.3, -0.25) is 0 Å². The maximum atomic E-state index is 11.8. The monoisotopic (exact) mass is 346 g/mol. The molecule has 0 aromatic heterocycles. The van der Waals surface area contributed by atoms with Crippen molar-refractivity contribution in [3.63, 3.8) is 0 Å². The van der Waals surface area contributed by atoms with Crippen LogP contribution in [0.1, 0.15) is 0 Å². The molecule has 0 amide bonds. The SMILES string of the molecule is COc1ccc(Oc2c(Cl)cccc2Cl)cc1S(C)(=O)=O. The molecule has 4 nitrogen and oxygen atoms in total. The summed E-state index contributed by atoms with van der Waals surface area (Å²) in [6.45, 7) is 0. The molecule has 2 aromatic carbocycles. The largest absolute Gasteiger partial charge is 0.495 e. The summed E-state index contributed by atoms with van der Waals surface area (Å²) in [7, 11) is -2.05. The van der Waals surface area contributed by atoms with Crippen LogP contribution in [-0.2, 0) is 9.84 Å². The Hall–Kier alpha value is -1.43. The van der Waals surface area contributed by atoms with Crippen LogP contribution in [0, 0.1) is 0 Å². The maximum absolute atomic E-state index is 11.8. The van der Waals surface area contributed by atoms with Crippen molar-refractivity contribution >= 4 is 33.0 Å². The van der Waals surface area contributed by atoms with Gasteiger partial charge in [-0.15, -0.1) is 0 Å². The topological polar surface area (TPSA) is 52.6 Å². The van der Waals surface area contributed by atoms with E-state index in [2.05, 4.69) is 0 Å². The molecule has 0 radical (unpaired) electrons. The summed E-state index contributed by atoms with van der Waals surface area (Å²) in [5.41, 5.74) is 0. The zero-order valence-corrected chi connectivity index (χ0v) is 13.6. The number of rotatable bonds is 4. The summed E-state index contributed by atoms with van der Waals surface area (Å²) < 4.78 is 34.2. The normalized spacial score (nSPS) is 11.2. The van der Waals surface area contributed by atoms with E-state index in [0.717, 1.165) is 6.26 Å². The number of ether oxygens (including phenoxy) is 2. The molecule has 0 aliphatic carbocycles. The van der Waals surface area contributed by atoms with E-state index in [9.17, 15) is 8.42 Å². The number of sulfone groups is 1. The highest BCUT2D eigenvalue weighted by Gasteiger charge is 2.16. The highest BCUT2D eigenvalue weighted by Crippen LogP contribution is 2.37. The van der Waals surface area contributed by atoms with Crippen molar-refractivity contribution in [1.29, 1.82) is 0 Å². The molecule has 112 valence electrons. The lowest BCUT2D eigenvalue weighted by Crippen LogP contribution is -2.01. The molecule has 21 heavy (non-hydrogen) atoms. The van der Waals surface area contributed by atoms with Crippen molar-refractivity contribution in [3.8, 4) is 17.2 Å². The van der Waals surface area contributed by atoms with E-state index in [1.165, 1.54) is 19.2 Å². The van der Waals surface area contributed by atoms with Gasteiger partial charge >= 0.3 is 0 Å². The molecule has 0 saturated heterocycles.